The van der Waals surface area contributed by atoms with E-state index < -0.39 is 24.6 Å². The van der Waals surface area contributed by atoms with Gasteiger partial charge in [0.1, 0.15) is 11.5 Å². The van der Waals surface area contributed by atoms with Gasteiger partial charge in [0, 0.05) is 24.6 Å². The lowest BCUT2D eigenvalue weighted by atomic mass is 9.72. The number of carbonyl (C=O) groups is 1. The second-order valence-corrected chi connectivity index (χ2v) is 10.3. The van der Waals surface area contributed by atoms with Crippen LogP contribution in [0.2, 0.25) is 0 Å². The van der Waals surface area contributed by atoms with Gasteiger partial charge in [-0.25, -0.2) is 0 Å². The van der Waals surface area contributed by atoms with Crippen molar-refractivity contribution in [3.05, 3.63) is 23.3 Å². The van der Waals surface area contributed by atoms with Crippen LogP contribution in [0.25, 0.3) is 0 Å². The van der Waals surface area contributed by atoms with Crippen molar-refractivity contribution in [3.8, 4) is 11.8 Å². The highest BCUT2D eigenvalue weighted by molar-refractivity contribution is 5.85. The summed E-state index contributed by atoms with van der Waals surface area (Å²) in [5.41, 5.74) is 0.907. The third kappa shape index (κ3) is 12.0. The molecule has 1 aliphatic rings. The van der Waals surface area contributed by atoms with Crippen molar-refractivity contribution < 1.29 is 31.5 Å². The van der Waals surface area contributed by atoms with Crippen LogP contribution >= 0.6 is 0 Å². The first-order valence-electron chi connectivity index (χ1n) is 12.0. The van der Waals surface area contributed by atoms with Gasteiger partial charge in [-0.1, -0.05) is 48.0 Å². The number of hydrogen-bond acceptors (Lipinski definition) is 4. The Morgan fingerprint density at radius 2 is 1.69 bits per heavy atom. The second-order valence-electron chi connectivity index (χ2n) is 10.3. The molecular formula is C27H39F5N2O2. The van der Waals surface area contributed by atoms with Gasteiger partial charge in [0.15, 0.2) is 5.75 Å². The molecule has 1 fully saturated rings. The molecule has 0 bridgehead atoms. The van der Waals surface area contributed by atoms with Crippen molar-refractivity contribution in [2.24, 2.45) is 15.8 Å². The number of halogens is 5. The average molecular weight is 519 g/mol. The summed E-state index contributed by atoms with van der Waals surface area (Å²) in [6.07, 6.45) is 0.533. The normalized spacial score (nSPS) is 15.0. The number of hydrogen-bond donors (Lipinski definition) is 0. The van der Waals surface area contributed by atoms with Crippen LogP contribution in [0.3, 0.4) is 0 Å². The van der Waals surface area contributed by atoms with Crippen LogP contribution < -0.4 is 4.74 Å². The van der Waals surface area contributed by atoms with Crippen molar-refractivity contribution in [1.82, 2.24) is 0 Å². The van der Waals surface area contributed by atoms with E-state index >= 15 is 0 Å². The minimum absolute atomic E-state index is 0.0608. The van der Waals surface area contributed by atoms with E-state index in [1.807, 2.05) is 19.9 Å². The molecule has 0 amide bonds. The zero-order valence-corrected chi connectivity index (χ0v) is 22.6. The smallest absolute Gasteiger partial charge is 0.394 e. The summed E-state index contributed by atoms with van der Waals surface area (Å²) in [4.78, 5) is 15.0. The topological polar surface area (TPSA) is 62.5 Å². The fourth-order valence-corrected chi connectivity index (χ4v) is 3.01. The van der Waals surface area contributed by atoms with E-state index in [0.717, 1.165) is 25.0 Å². The molecule has 0 spiro atoms. The van der Waals surface area contributed by atoms with Gasteiger partial charge in [0.05, 0.1) is 17.0 Å². The fraction of sp³-hybridized carbons (Fsp3) is 0.667. The lowest BCUT2D eigenvalue weighted by molar-refractivity contribution is -0.213. The summed E-state index contributed by atoms with van der Waals surface area (Å²) >= 11 is 0. The fourth-order valence-electron chi connectivity index (χ4n) is 3.01. The maximum atomic E-state index is 12.3. The molecule has 204 valence electrons. The highest BCUT2D eigenvalue weighted by Gasteiger charge is 2.47. The van der Waals surface area contributed by atoms with Gasteiger partial charge < -0.3 is 4.74 Å². The molecule has 9 heteroatoms. The van der Waals surface area contributed by atoms with E-state index in [2.05, 4.69) is 23.6 Å². The van der Waals surface area contributed by atoms with Crippen LogP contribution in [0.5, 0.6) is 5.75 Å². The predicted octanol–water partition coefficient (Wildman–Crippen LogP) is 9.11. The number of nitriles is 1. The number of aryl methyl sites for hydroxylation is 1. The Morgan fingerprint density at radius 1 is 1.17 bits per heavy atom. The Balaban J connectivity index is 0.000000580. The molecule has 0 heterocycles. The third-order valence-electron chi connectivity index (χ3n) is 5.93. The number of Topliss-reactive ketones (excluding diaryl/α,β-unsaturated/α-hetero) is 1. The Hall–Kier alpha value is -2.50. The van der Waals surface area contributed by atoms with Crippen molar-refractivity contribution >= 4 is 17.2 Å². The van der Waals surface area contributed by atoms with Crippen LogP contribution in [0.4, 0.5) is 27.6 Å². The molecule has 36 heavy (non-hydrogen) atoms. The van der Waals surface area contributed by atoms with Crippen molar-refractivity contribution in [1.29, 1.82) is 5.26 Å². The summed E-state index contributed by atoms with van der Waals surface area (Å²) in [7, 11) is 0. The number of benzene rings is 1. The number of carbonyl (C=O) groups excluding carboxylic acids is 1. The van der Waals surface area contributed by atoms with Crippen LogP contribution in [0.15, 0.2) is 17.1 Å². The van der Waals surface area contributed by atoms with Crippen molar-refractivity contribution in [2.45, 2.75) is 107 Å². The Morgan fingerprint density at radius 3 is 2.03 bits per heavy atom. The first kappa shape index (κ1) is 33.5. The molecule has 0 aliphatic heterocycles. The number of alkyl halides is 5. The summed E-state index contributed by atoms with van der Waals surface area (Å²) in [5, 5.41) is 8.81. The molecule has 1 aliphatic carbocycles. The molecular weight excluding hydrogens is 479 g/mol. The van der Waals surface area contributed by atoms with E-state index in [0.29, 0.717) is 17.7 Å². The van der Waals surface area contributed by atoms with Gasteiger partial charge in [-0.05, 0) is 50.2 Å². The molecule has 1 saturated carbocycles. The zero-order valence-electron chi connectivity index (χ0n) is 22.6. The number of ketones is 1. The van der Waals surface area contributed by atoms with Gasteiger partial charge >= 0.3 is 12.8 Å². The monoisotopic (exact) mass is 518 g/mol. The lowest BCUT2D eigenvalue weighted by Gasteiger charge is -2.33. The molecule has 0 aromatic heterocycles. The molecule has 2 rings (SSSR count). The highest BCUT2D eigenvalue weighted by atomic mass is 19.4. The number of rotatable bonds is 7. The molecule has 4 nitrogen and oxygen atoms in total. The quantitative estimate of drug-likeness (QED) is 0.267. The van der Waals surface area contributed by atoms with E-state index in [-0.39, 0.29) is 23.5 Å². The van der Waals surface area contributed by atoms with Crippen LogP contribution in [-0.2, 0) is 4.79 Å². The molecule has 0 saturated heterocycles. The van der Waals surface area contributed by atoms with E-state index in [1.54, 1.807) is 19.9 Å². The van der Waals surface area contributed by atoms with E-state index in [4.69, 9.17) is 5.26 Å². The van der Waals surface area contributed by atoms with Gasteiger partial charge in [-0.3, -0.25) is 9.79 Å². The number of ether oxygens (including phenoxy) is 1. The lowest BCUT2D eigenvalue weighted by Crippen LogP contribution is -2.34. The largest absolute Gasteiger partial charge is 0.432 e. The Bertz CT molecular complexity index is 923. The summed E-state index contributed by atoms with van der Waals surface area (Å²) in [5.74, 6) is -0.410. The zero-order chi connectivity index (χ0) is 28.3. The maximum absolute atomic E-state index is 12.3. The van der Waals surface area contributed by atoms with Crippen molar-refractivity contribution in [2.75, 3.05) is 0 Å². The van der Waals surface area contributed by atoms with Gasteiger partial charge in [-0.15, -0.1) is 0 Å². The van der Waals surface area contributed by atoms with Gasteiger partial charge in [-0.2, -0.15) is 27.2 Å². The Kier molecular flexibility index (Phi) is 13.3. The van der Waals surface area contributed by atoms with Crippen molar-refractivity contribution in [3.63, 3.8) is 0 Å². The van der Waals surface area contributed by atoms with E-state index in [1.165, 1.54) is 25.3 Å². The minimum atomic E-state index is -4.29. The molecule has 1 aromatic carbocycles. The molecule has 0 atom stereocenters. The first-order chi connectivity index (χ1) is 16.4. The van der Waals surface area contributed by atoms with Gasteiger partial charge in [0.25, 0.3) is 0 Å². The van der Waals surface area contributed by atoms with Gasteiger partial charge in [0.2, 0.25) is 0 Å². The Labute approximate surface area is 211 Å². The highest BCUT2D eigenvalue weighted by Crippen LogP contribution is 2.40. The molecule has 0 radical (unpaired) electrons. The van der Waals surface area contributed by atoms with E-state index in [9.17, 15) is 26.7 Å². The summed E-state index contributed by atoms with van der Waals surface area (Å²) < 4.78 is 65.6. The maximum Gasteiger partial charge on any atom is 0.394 e. The standard InChI is InChI=1S/C13H14F2N2O.C8H13F3O.C6H12/c1-4-9(3)17-12-8(2)5-10(7-16)6-11(12)18-13(14)15;1-4-6(12)5-7(2,3)8(9,10)11;1-6(2)4-3-5-6/h5-6,13H,4H2,1-3H3;4-5H2,1-3H3;3-5H2,1-2H3. The van der Waals surface area contributed by atoms with Crippen LogP contribution in [0, 0.1) is 29.1 Å². The number of nitrogens with zero attached hydrogens (tertiary/aromatic N) is 2. The SMILES string of the molecule is CC1(C)CCC1.CCC(=O)CC(C)(C)C(F)(F)F.CCC(C)=Nc1c(C)cc(C#N)cc1OC(F)F. The van der Waals surface area contributed by atoms with Crippen LogP contribution in [0.1, 0.15) is 98.1 Å². The molecule has 1 aromatic rings. The second kappa shape index (κ2) is 14.3. The molecule has 0 unspecified atom stereocenters. The minimum Gasteiger partial charge on any atom is -0.432 e. The predicted molar refractivity (Wildman–Crippen MR) is 133 cm³/mol. The first-order valence-corrected chi connectivity index (χ1v) is 12.0. The number of aliphatic imine (C=N–C) groups is 1. The average Bonchev–Trinajstić information content (AvgIpc) is 2.74. The third-order valence-corrected chi connectivity index (χ3v) is 5.93. The molecule has 0 N–H and O–H groups in total. The van der Waals surface area contributed by atoms with Crippen LogP contribution in [-0.4, -0.2) is 24.3 Å². The summed E-state index contributed by atoms with van der Waals surface area (Å²) in [6.45, 7) is 10.8. The summed E-state index contributed by atoms with van der Waals surface area (Å²) in [6, 6.07) is 4.78.